The molecule has 0 fully saturated rings. The minimum atomic E-state index is 0.173. The van der Waals surface area contributed by atoms with Gasteiger partial charge in [0.05, 0.1) is 19.8 Å². The molecule has 0 aliphatic heterocycles. The van der Waals surface area contributed by atoms with Crippen LogP contribution in [0, 0.1) is 11.3 Å². The van der Waals surface area contributed by atoms with Crippen molar-refractivity contribution in [1.82, 2.24) is 4.98 Å². The number of nitrogens with one attached hydrogen (secondary N) is 1. The molecule has 3 aromatic rings. The summed E-state index contributed by atoms with van der Waals surface area (Å²) in [5.41, 5.74) is 1.61. The topological polar surface area (TPSA) is 80.3 Å². The van der Waals surface area contributed by atoms with Gasteiger partial charge in [0, 0.05) is 5.69 Å². The maximum atomic E-state index is 9.30. The quantitative estimate of drug-likeness (QED) is 0.765. The molecule has 2 aromatic carbocycles. The molecule has 120 valence electrons. The number of ether oxygens (including phenoxy) is 2. The van der Waals surface area contributed by atoms with Crippen LogP contribution < -0.4 is 14.8 Å². The van der Waals surface area contributed by atoms with Crippen LogP contribution in [0.15, 0.2) is 52.9 Å². The molecule has 1 N–H and O–H groups in total. The minimum Gasteiger partial charge on any atom is -0.497 e. The summed E-state index contributed by atoms with van der Waals surface area (Å²) >= 11 is 0. The molecule has 0 aliphatic carbocycles. The molecule has 24 heavy (non-hydrogen) atoms. The zero-order valence-electron chi connectivity index (χ0n) is 13.2. The zero-order valence-corrected chi connectivity index (χ0v) is 13.2. The molecular weight excluding hydrogens is 306 g/mol. The molecule has 0 saturated heterocycles. The highest BCUT2D eigenvalue weighted by atomic mass is 16.5. The summed E-state index contributed by atoms with van der Waals surface area (Å²) in [7, 11) is 3.18. The Labute approximate surface area is 139 Å². The third-order valence-electron chi connectivity index (χ3n) is 3.42. The Bertz CT molecular complexity index is 879. The smallest absolute Gasteiger partial charge is 0.236 e. The van der Waals surface area contributed by atoms with E-state index in [2.05, 4.69) is 10.3 Å². The van der Waals surface area contributed by atoms with Crippen molar-refractivity contribution in [1.29, 1.82) is 5.26 Å². The SMILES string of the molecule is COc1ccc(Nc2oc(-c3ccccc3OC)nc2C#N)cc1. The summed E-state index contributed by atoms with van der Waals surface area (Å²) in [6, 6.07) is 16.6. The van der Waals surface area contributed by atoms with Gasteiger partial charge in [0.2, 0.25) is 17.5 Å². The number of nitriles is 1. The number of aromatic nitrogens is 1. The number of hydrogen-bond donors (Lipinski definition) is 1. The lowest BCUT2D eigenvalue weighted by Gasteiger charge is -2.05. The lowest BCUT2D eigenvalue weighted by Crippen LogP contribution is -1.91. The first-order chi connectivity index (χ1) is 11.7. The maximum absolute atomic E-state index is 9.30. The van der Waals surface area contributed by atoms with E-state index in [4.69, 9.17) is 13.9 Å². The van der Waals surface area contributed by atoms with Crippen LogP contribution in [0.5, 0.6) is 11.5 Å². The second kappa shape index (κ2) is 6.75. The Kier molecular flexibility index (Phi) is 4.34. The summed E-state index contributed by atoms with van der Waals surface area (Å²) in [6.07, 6.45) is 0. The summed E-state index contributed by atoms with van der Waals surface area (Å²) in [6.45, 7) is 0. The van der Waals surface area contributed by atoms with E-state index in [1.54, 1.807) is 14.2 Å². The van der Waals surface area contributed by atoms with Gasteiger partial charge in [-0.1, -0.05) is 12.1 Å². The molecule has 6 nitrogen and oxygen atoms in total. The lowest BCUT2D eigenvalue weighted by molar-refractivity contribution is 0.414. The van der Waals surface area contributed by atoms with Gasteiger partial charge in [-0.05, 0) is 36.4 Å². The van der Waals surface area contributed by atoms with Gasteiger partial charge in [-0.25, -0.2) is 0 Å². The van der Waals surface area contributed by atoms with Gasteiger partial charge >= 0.3 is 0 Å². The largest absolute Gasteiger partial charge is 0.497 e. The molecule has 0 amide bonds. The van der Waals surface area contributed by atoms with E-state index in [1.807, 2.05) is 54.6 Å². The van der Waals surface area contributed by atoms with Gasteiger partial charge in [-0.2, -0.15) is 10.2 Å². The third kappa shape index (κ3) is 3.01. The van der Waals surface area contributed by atoms with Gasteiger partial charge in [-0.15, -0.1) is 0 Å². The Morgan fingerprint density at radius 3 is 2.46 bits per heavy atom. The Hall–Kier alpha value is -3.46. The number of anilines is 2. The van der Waals surface area contributed by atoms with Gasteiger partial charge in [0.1, 0.15) is 17.6 Å². The first-order valence-corrected chi connectivity index (χ1v) is 7.20. The summed E-state index contributed by atoms with van der Waals surface area (Å²) in [4.78, 5) is 4.24. The highest BCUT2D eigenvalue weighted by molar-refractivity contribution is 5.67. The van der Waals surface area contributed by atoms with Crippen LogP contribution in [0.3, 0.4) is 0 Å². The maximum Gasteiger partial charge on any atom is 0.236 e. The second-order valence-electron chi connectivity index (χ2n) is 4.86. The van der Waals surface area contributed by atoms with Gasteiger partial charge in [0.15, 0.2) is 0 Å². The molecule has 0 unspecified atom stereocenters. The molecule has 6 heteroatoms. The number of hydrogen-bond acceptors (Lipinski definition) is 6. The molecular formula is C18H15N3O3. The van der Waals surface area contributed by atoms with Crippen molar-refractivity contribution in [3.8, 4) is 29.0 Å². The Balaban J connectivity index is 1.94. The van der Waals surface area contributed by atoms with E-state index in [1.165, 1.54) is 0 Å². The number of methoxy groups -OCH3 is 2. The number of para-hydroxylation sites is 1. The van der Waals surface area contributed by atoms with E-state index in [-0.39, 0.29) is 11.6 Å². The normalized spacial score (nSPS) is 10.0. The van der Waals surface area contributed by atoms with Gasteiger partial charge < -0.3 is 19.2 Å². The number of rotatable bonds is 5. The predicted molar refractivity (Wildman–Crippen MR) is 89.5 cm³/mol. The highest BCUT2D eigenvalue weighted by Gasteiger charge is 2.17. The molecule has 1 heterocycles. The van der Waals surface area contributed by atoms with Crippen molar-refractivity contribution >= 4 is 11.6 Å². The van der Waals surface area contributed by atoms with Crippen LogP contribution in [-0.4, -0.2) is 19.2 Å². The van der Waals surface area contributed by atoms with Crippen molar-refractivity contribution in [3.63, 3.8) is 0 Å². The summed E-state index contributed by atoms with van der Waals surface area (Å²) < 4.78 is 16.2. The first-order valence-electron chi connectivity index (χ1n) is 7.20. The highest BCUT2D eigenvalue weighted by Crippen LogP contribution is 2.33. The van der Waals surface area contributed by atoms with Crippen molar-refractivity contribution < 1.29 is 13.9 Å². The first kappa shape index (κ1) is 15.4. The number of nitrogens with zero attached hydrogens (tertiary/aromatic N) is 2. The van der Waals surface area contributed by atoms with Crippen LogP contribution >= 0.6 is 0 Å². The molecule has 0 radical (unpaired) electrons. The fraction of sp³-hybridized carbons (Fsp3) is 0.111. The van der Waals surface area contributed by atoms with E-state index >= 15 is 0 Å². The van der Waals surface area contributed by atoms with Crippen molar-refractivity contribution in [2.24, 2.45) is 0 Å². The minimum absolute atomic E-state index is 0.173. The molecule has 0 aliphatic rings. The van der Waals surface area contributed by atoms with Crippen LogP contribution in [0.1, 0.15) is 5.69 Å². The Morgan fingerprint density at radius 2 is 1.79 bits per heavy atom. The number of oxazole rings is 1. The van der Waals surface area contributed by atoms with E-state index in [9.17, 15) is 5.26 Å². The average molecular weight is 321 g/mol. The third-order valence-corrected chi connectivity index (χ3v) is 3.42. The molecule has 0 bridgehead atoms. The van der Waals surface area contributed by atoms with E-state index in [0.29, 0.717) is 17.2 Å². The second-order valence-corrected chi connectivity index (χ2v) is 4.86. The van der Waals surface area contributed by atoms with Crippen molar-refractivity contribution in [2.75, 3.05) is 19.5 Å². The van der Waals surface area contributed by atoms with Crippen LogP contribution in [-0.2, 0) is 0 Å². The molecule has 0 atom stereocenters. The van der Waals surface area contributed by atoms with Crippen molar-refractivity contribution in [2.45, 2.75) is 0 Å². The standard InChI is InChI=1S/C18H15N3O3/c1-22-13-9-7-12(8-10-13)20-18-15(11-19)21-17(24-18)14-5-3-4-6-16(14)23-2/h3-10,20H,1-2H3. The summed E-state index contributed by atoms with van der Waals surface area (Å²) in [5.74, 6) is 1.97. The van der Waals surface area contributed by atoms with Crippen LogP contribution in [0.4, 0.5) is 11.6 Å². The van der Waals surface area contributed by atoms with Gasteiger partial charge in [0.25, 0.3) is 0 Å². The predicted octanol–water partition coefficient (Wildman–Crippen LogP) is 3.97. The molecule has 3 rings (SSSR count). The molecule has 0 spiro atoms. The Morgan fingerprint density at radius 1 is 1.04 bits per heavy atom. The van der Waals surface area contributed by atoms with Crippen LogP contribution in [0.2, 0.25) is 0 Å². The van der Waals surface area contributed by atoms with Gasteiger partial charge in [-0.3, -0.25) is 0 Å². The van der Waals surface area contributed by atoms with Crippen LogP contribution in [0.25, 0.3) is 11.5 Å². The summed E-state index contributed by atoms with van der Waals surface area (Å²) in [5, 5.41) is 12.4. The van der Waals surface area contributed by atoms with Crippen molar-refractivity contribution in [3.05, 3.63) is 54.2 Å². The van der Waals surface area contributed by atoms with E-state index < -0.39 is 0 Å². The average Bonchev–Trinajstić information content (AvgIpc) is 3.05. The lowest BCUT2D eigenvalue weighted by atomic mass is 10.2. The van der Waals surface area contributed by atoms with E-state index in [0.717, 1.165) is 11.4 Å². The monoisotopic (exact) mass is 321 g/mol. The molecule has 1 aromatic heterocycles. The zero-order chi connectivity index (χ0) is 16.9. The molecule has 0 saturated carbocycles. The fourth-order valence-corrected chi connectivity index (χ4v) is 2.22. The fourth-order valence-electron chi connectivity index (χ4n) is 2.22. The number of benzene rings is 2.